The van der Waals surface area contributed by atoms with Crippen molar-refractivity contribution in [2.45, 2.75) is 12.5 Å². The summed E-state index contributed by atoms with van der Waals surface area (Å²) in [6, 6.07) is 8.49. The quantitative estimate of drug-likeness (QED) is 0.714. The van der Waals surface area contributed by atoms with Gasteiger partial charge in [-0.2, -0.15) is 0 Å². The number of carbonyl (C=O) groups is 1. The highest BCUT2D eigenvalue weighted by Gasteiger charge is 2.15. The molecule has 1 aromatic rings. The van der Waals surface area contributed by atoms with Crippen LogP contribution in [0.2, 0.25) is 0 Å². The topological polar surface area (TPSA) is 66.4 Å². The highest BCUT2D eigenvalue weighted by Crippen LogP contribution is 2.05. The van der Waals surface area contributed by atoms with E-state index in [1.807, 2.05) is 30.3 Å². The van der Waals surface area contributed by atoms with Gasteiger partial charge in [-0.15, -0.1) is 0 Å². The molecule has 0 aromatic heterocycles. The van der Waals surface area contributed by atoms with Gasteiger partial charge in [-0.1, -0.05) is 30.3 Å². The maximum absolute atomic E-state index is 10.7. The van der Waals surface area contributed by atoms with Gasteiger partial charge in [0, 0.05) is 0 Å². The zero-order valence-corrected chi connectivity index (χ0v) is 8.67. The molecule has 0 aliphatic carbocycles. The summed E-state index contributed by atoms with van der Waals surface area (Å²) in [5, 5.41) is 11.2. The van der Waals surface area contributed by atoms with Crippen LogP contribution in [0.1, 0.15) is 5.56 Å². The summed E-state index contributed by atoms with van der Waals surface area (Å²) >= 11 is 0. The van der Waals surface area contributed by atoms with Gasteiger partial charge in [-0.25, -0.2) is 0 Å². The zero-order chi connectivity index (χ0) is 10.4. The average molecular weight is 213 g/mol. The fraction of sp³-hybridized carbons (Fsp3) is 0.222. The van der Waals surface area contributed by atoms with Gasteiger partial charge < -0.3 is 9.67 Å². The molecule has 0 spiro atoms. The maximum atomic E-state index is 10.7. The summed E-state index contributed by atoms with van der Waals surface area (Å²) in [6.45, 7) is 0. The Morgan fingerprint density at radius 1 is 1.43 bits per heavy atom. The van der Waals surface area contributed by atoms with Crippen LogP contribution in [-0.4, -0.2) is 17.1 Å². The van der Waals surface area contributed by atoms with Crippen LogP contribution in [0, 0.1) is 0 Å². The third kappa shape index (κ3) is 3.32. The molecule has 0 aliphatic rings. The highest BCUT2D eigenvalue weighted by atomic mass is 31.1. The Morgan fingerprint density at radius 2 is 2.07 bits per heavy atom. The third-order valence-electron chi connectivity index (χ3n) is 1.85. The first kappa shape index (κ1) is 11.0. The zero-order valence-electron chi connectivity index (χ0n) is 7.51. The number of nitrogens with one attached hydrogen (secondary N) is 1. The Hall–Kier alpha value is -1.12. The Morgan fingerprint density at radius 3 is 2.57 bits per heavy atom. The Labute approximate surface area is 83.2 Å². The third-order valence-corrected chi connectivity index (χ3v) is 2.39. The normalized spacial score (nSPS) is 13.1. The predicted octanol–water partition coefficient (Wildman–Crippen LogP) is 0.943. The van der Waals surface area contributed by atoms with Crippen LogP contribution in [0.4, 0.5) is 0 Å². The molecule has 0 saturated carbocycles. The maximum Gasteiger partial charge on any atom is 0.321 e. The highest BCUT2D eigenvalue weighted by molar-refractivity contribution is 7.21. The first-order valence-corrected chi connectivity index (χ1v) is 5.25. The van der Waals surface area contributed by atoms with E-state index in [9.17, 15) is 9.36 Å². The van der Waals surface area contributed by atoms with E-state index in [0.717, 1.165) is 5.56 Å². The molecule has 0 bridgehead atoms. The van der Waals surface area contributed by atoms with Gasteiger partial charge in [0.05, 0.1) is 0 Å². The monoisotopic (exact) mass is 213 g/mol. The first-order valence-electron chi connectivity index (χ1n) is 4.20. The van der Waals surface area contributed by atoms with Crippen molar-refractivity contribution in [1.82, 2.24) is 5.09 Å². The van der Waals surface area contributed by atoms with Crippen molar-refractivity contribution >= 4 is 14.6 Å². The molecule has 76 valence electrons. The number of carboxylic acids is 1. The van der Waals surface area contributed by atoms with Crippen LogP contribution in [0.3, 0.4) is 0 Å². The van der Waals surface area contributed by atoms with Crippen molar-refractivity contribution in [3.05, 3.63) is 35.9 Å². The van der Waals surface area contributed by atoms with Gasteiger partial charge in [0.2, 0.25) is 0 Å². The summed E-state index contributed by atoms with van der Waals surface area (Å²) in [4.78, 5) is 10.7. The average Bonchev–Trinajstić information content (AvgIpc) is 2.18. The molecule has 0 saturated heterocycles. The lowest BCUT2D eigenvalue weighted by molar-refractivity contribution is -0.138. The molecular weight excluding hydrogens is 201 g/mol. The molecule has 2 N–H and O–H groups in total. The van der Waals surface area contributed by atoms with Gasteiger partial charge in [0.25, 0.3) is 0 Å². The molecule has 4 nitrogen and oxygen atoms in total. The lowest BCUT2D eigenvalue weighted by Gasteiger charge is -2.09. The van der Waals surface area contributed by atoms with Crippen molar-refractivity contribution in [1.29, 1.82) is 0 Å². The lowest BCUT2D eigenvalue weighted by atomic mass is 10.1. The van der Waals surface area contributed by atoms with Gasteiger partial charge in [-0.05, 0) is 12.0 Å². The molecule has 1 rings (SSSR count). The summed E-state index contributed by atoms with van der Waals surface area (Å²) < 4.78 is 10.3. The number of carboxylic acid groups (broad SMARTS) is 1. The Kier molecular flexibility index (Phi) is 4.36. The number of hydrogen-bond acceptors (Lipinski definition) is 2. The second-order valence-corrected chi connectivity index (χ2v) is 3.43. The molecule has 0 fully saturated rings. The number of benzene rings is 1. The van der Waals surface area contributed by atoms with Crippen molar-refractivity contribution in [2.75, 3.05) is 0 Å². The molecule has 5 heteroatoms. The summed E-state index contributed by atoms with van der Waals surface area (Å²) in [6.07, 6.45) is 0.353. The minimum absolute atomic E-state index is 0.353. The van der Waals surface area contributed by atoms with Gasteiger partial charge in [0.15, 0.2) is 0 Å². The summed E-state index contributed by atoms with van der Waals surface area (Å²) in [5.74, 6) is -0.975. The molecule has 14 heavy (non-hydrogen) atoms. The Balaban J connectivity index is 2.64. The molecule has 0 aliphatic heterocycles. The molecule has 2 unspecified atom stereocenters. The molecule has 0 heterocycles. The van der Waals surface area contributed by atoms with Crippen LogP contribution in [-0.2, 0) is 15.8 Å². The van der Waals surface area contributed by atoms with Crippen molar-refractivity contribution in [3.63, 3.8) is 0 Å². The standard InChI is InChI=1S/C9H12NO3P/c11-9(12)8(10-14-13)6-7-4-2-1-3-5-7/h1-5,8H,6,14H2,(H,10,13)(H,11,12). The van der Waals surface area contributed by atoms with Crippen molar-refractivity contribution in [2.24, 2.45) is 0 Å². The first-order chi connectivity index (χ1) is 6.74. The fourth-order valence-corrected chi connectivity index (χ4v) is 1.57. The molecular formula is C9H12NO3P. The molecule has 1 aromatic carbocycles. The summed E-state index contributed by atoms with van der Waals surface area (Å²) in [7, 11) is -1.24. The van der Waals surface area contributed by atoms with E-state index >= 15 is 0 Å². The van der Waals surface area contributed by atoms with Crippen LogP contribution in [0.5, 0.6) is 0 Å². The van der Waals surface area contributed by atoms with E-state index in [1.165, 1.54) is 0 Å². The van der Waals surface area contributed by atoms with Crippen LogP contribution >= 0.6 is 8.61 Å². The predicted molar refractivity (Wildman–Crippen MR) is 55.1 cm³/mol. The smallest absolute Gasteiger partial charge is 0.321 e. The largest absolute Gasteiger partial charge is 0.480 e. The SMILES string of the molecule is O=[PH2]NC(Cc1ccccc1)C(=O)O. The number of aliphatic carboxylic acids is 1. The second kappa shape index (κ2) is 5.58. The van der Waals surface area contributed by atoms with E-state index < -0.39 is 20.6 Å². The number of hydrogen-bond donors (Lipinski definition) is 2. The molecule has 2 atom stereocenters. The van der Waals surface area contributed by atoms with Crippen LogP contribution in [0.15, 0.2) is 30.3 Å². The fourth-order valence-electron chi connectivity index (χ4n) is 1.15. The van der Waals surface area contributed by atoms with Gasteiger partial charge in [-0.3, -0.25) is 9.88 Å². The van der Waals surface area contributed by atoms with E-state index in [0.29, 0.717) is 6.42 Å². The molecule has 0 radical (unpaired) electrons. The van der Waals surface area contributed by atoms with E-state index in [4.69, 9.17) is 5.11 Å². The molecule has 0 amide bonds. The van der Waals surface area contributed by atoms with E-state index in [1.54, 1.807) is 0 Å². The Bertz CT molecular complexity index is 315. The van der Waals surface area contributed by atoms with E-state index in [-0.39, 0.29) is 0 Å². The van der Waals surface area contributed by atoms with Crippen molar-refractivity contribution < 1.29 is 14.5 Å². The van der Waals surface area contributed by atoms with Gasteiger partial charge >= 0.3 is 5.97 Å². The number of rotatable bonds is 5. The minimum atomic E-state index is -1.24. The second-order valence-electron chi connectivity index (χ2n) is 2.87. The van der Waals surface area contributed by atoms with E-state index in [2.05, 4.69) is 5.09 Å². The van der Waals surface area contributed by atoms with Crippen LogP contribution in [0.25, 0.3) is 0 Å². The van der Waals surface area contributed by atoms with Crippen LogP contribution < -0.4 is 5.09 Å². The van der Waals surface area contributed by atoms with Gasteiger partial charge in [0.1, 0.15) is 14.7 Å². The van der Waals surface area contributed by atoms with Crippen molar-refractivity contribution in [3.8, 4) is 0 Å². The lowest BCUT2D eigenvalue weighted by Crippen LogP contribution is -2.32. The summed E-state index contributed by atoms with van der Waals surface area (Å²) in [5.41, 5.74) is 0.917. The minimum Gasteiger partial charge on any atom is -0.480 e.